The maximum Gasteiger partial charge on any atom is 0.287 e. The zero-order valence-electron chi connectivity index (χ0n) is 11.4. The van der Waals surface area contributed by atoms with Crippen molar-refractivity contribution in [3.63, 3.8) is 0 Å². The second-order valence-electron chi connectivity index (χ2n) is 4.54. The van der Waals surface area contributed by atoms with Crippen LogP contribution in [0.2, 0.25) is 0 Å². The summed E-state index contributed by atoms with van der Waals surface area (Å²) in [6.45, 7) is 3.71. The number of pyridine rings is 1. The molecule has 0 fully saturated rings. The number of hydrogen-bond acceptors (Lipinski definition) is 4. The Morgan fingerprint density at radius 2 is 1.95 bits per heavy atom. The quantitative estimate of drug-likeness (QED) is 0.596. The molecule has 0 bridgehead atoms. The van der Waals surface area contributed by atoms with Crippen molar-refractivity contribution < 1.29 is 4.92 Å². The van der Waals surface area contributed by atoms with Crippen LogP contribution in [0.25, 0.3) is 0 Å². The molecule has 0 atom stereocenters. The minimum absolute atomic E-state index is 0.0184. The lowest BCUT2D eigenvalue weighted by molar-refractivity contribution is -0.385. The fourth-order valence-electron chi connectivity index (χ4n) is 2.02. The molecule has 0 aliphatic heterocycles. The molecule has 5 nitrogen and oxygen atoms in total. The first kappa shape index (κ1) is 14.0. The van der Waals surface area contributed by atoms with E-state index in [2.05, 4.69) is 28.9 Å². The molecule has 1 aromatic carbocycles. The zero-order chi connectivity index (χ0) is 14.4. The molecule has 0 radical (unpaired) electrons. The highest BCUT2D eigenvalue weighted by Gasteiger charge is 2.11. The molecule has 0 N–H and O–H groups in total. The lowest BCUT2D eigenvalue weighted by Gasteiger charge is -2.23. The van der Waals surface area contributed by atoms with Crippen LogP contribution >= 0.6 is 0 Å². The van der Waals surface area contributed by atoms with Gasteiger partial charge in [0.1, 0.15) is 12.0 Å². The first-order chi connectivity index (χ1) is 9.70. The second-order valence-corrected chi connectivity index (χ2v) is 4.54. The Kier molecular flexibility index (Phi) is 4.65. The summed E-state index contributed by atoms with van der Waals surface area (Å²) in [6.07, 6.45) is 2.30. The van der Waals surface area contributed by atoms with Gasteiger partial charge in [0.15, 0.2) is 0 Å². The Labute approximate surface area is 118 Å². The van der Waals surface area contributed by atoms with E-state index < -0.39 is 4.92 Å². The summed E-state index contributed by atoms with van der Waals surface area (Å²) in [5, 5.41) is 10.7. The van der Waals surface area contributed by atoms with Crippen LogP contribution in [0.1, 0.15) is 18.9 Å². The van der Waals surface area contributed by atoms with Gasteiger partial charge in [-0.1, -0.05) is 37.3 Å². The summed E-state index contributed by atoms with van der Waals surface area (Å²) in [6, 6.07) is 13.3. The first-order valence-corrected chi connectivity index (χ1v) is 6.60. The van der Waals surface area contributed by atoms with Crippen molar-refractivity contribution in [3.05, 3.63) is 64.3 Å². The fraction of sp³-hybridized carbons (Fsp3) is 0.267. The summed E-state index contributed by atoms with van der Waals surface area (Å²) in [7, 11) is 0. The van der Waals surface area contributed by atoms with E-state index in [9.17, 15) is 10.1 Å². The van der Waals surface area contributed by atoms with Crippen molar-refractivity contribution >= 4 is 11.5 Å². The van der Waals surface area contributed by atoms with Gasteiger partial charge in [-0.3, -0.25) is 10.1 Å². The van der Waals surface area contributed by atoms with Gasteiger partial charge in [0.25, 0.3) is 5.69 Å². The molecule has 0 amide bonds. The Morgan fingerprint density at radius 1 is 1.20 bits per heavy atom. The van der Waals surface area contributed by atoms with Gasteiger partial charge in [-0.2, -0.15) is 0 Å². The topological polar surface area (TPSA) is 59.3 Å². The van der Waals surface area contributed by atoms with Crippen molar-refractivity contribution in [2.45, 2.75) is 19.9 Å². The molecule has 0 spiro atoms. The fourth-order valence-corrected chi connectivity index (χ4v) is 2.02. The SMILES string of the molecule is CCCN(Cc1ccccc1)c1ccc([N+](=O)[O-])cn1. The molecule has 5 heteroatoms. The third-order valence-electron chi connectivity index (χ3n) is 2.98. The van der Waals surface area contributed by atoms with Crippen LogP contribution in [0.4, 0.5) is 11.5 Å². The summed E-state index contributed by atoms with van der Waals surface area (Å²) in [4.78, 5) is 16.5. The van der Waals surface area contributed by atoms with Crippen molar-refractivity contribution in [2.75, 3.05) is 11.4 Å². The van der Waals surface area contributed by atoms with E-state index in [1.165, 1.54) is 17.8 Å². The van der Waals surface area contributed by atoms with Crippen LogP contribution < -0.4 is 4.90 Å². The summed E-state index contributed by atoms with van der Waals surface area (Å²) in [5.74, 6) is 0.765. The van der Waals surface area contributed by atoms with Crippen molar-refractivity contribution in [3.8, 4) is 0 Å². The zero-order valence-corrected chi connectivity index (χ0v) is 11.4. The Bertz CT molecular complexity index is 555. The van der Waals surface area contributed by atoms with Gasteiger partial charge in [0, 0.05) is 19.2 Å². The number of benzene rings is 1. The van der Waals surface area contributed by atoms with Crippen LogP contribution in [-0.2, 0) is 6.54 Å². The third kappa shape index (κ3) is 3.54. The number of aromatic nitrogens is 1. The molecule has 104 valence electrons. The van der Waals surface area contributed by atoms with Crippen LogP contribution in [-0.4, -0.2) is 16.5 Å². The Hall–Kier alpha value is -2.43. The second kappa shape index (κ2) is 6.65. The number of anilines is 1. The minimum atomic E-state index is -0.432. The highest BCUT2D eigenvalue weighted by atomic mass is 16.6. The predicted octanol–water partition coefficient (Wildman–Crippen LogP) is 3.41. The molecule has 0 saturated heterocycles. The molecule has 1 heterocycles. The maximum absolute atomic E-state index is 10.7. The molecule has 0 aliphatic rings. The number of nitro groups is 1. The van der Waals surface area contributed by atoms with E-state index in [1.807, 2.05) is 18.2 Å². The Morgan fingerprint density at radius 3 is 2.50 bits per heavy atom. The monoisotopic (exact) mass is 271 g/mol. The molecule has 0 unspecified atom stereocenters. The van der Waals surface area contributed by atoms with Gasteiger partial charge in [-0.25, -0.2) is 4.98 Å². The van der Waals surface area contributed by atoms with Crippen LogP contribution in [0, 0.1) is 10.1 Å². The maximum atomic E-state index is 10.7. The summed E-state index contributed by atoms with van der Waals surface area (Å²) in [5.41, 5.74) is 1.21. The number of rotatable bonds is 6. The lowest BCUT2D eigenvalue weighted by atomic mass is 10.2. The van der Waals surface area contributed by atoms with E-state index in [0.29, 0.717) is 0 Å². The average Bonchev–Trinajstić information content (AvgIpc) is 2.48. The number of hydrogen-bond donors (Lipinski definition) is 0. The minimum Gasteiger partial charge on any atom is -0.352 e. The Balaban J connectivity index is 2.17. The molecule has 2 rings (SSSR count). The molecule has 0 saturated carbocycles. The highest BCUT2D eigenvalue weighted by molar-refractivity contribution is 5.43. The van der Waals surface area contributed by atoms with Crippen molar-refractivity contribution in [1.82, 2.24) is 4.98 Å². The van der Waals surface area contributed by atoms with Crippen molar-refractivity contribution in [2.24, 2.45) is 0 Å². The summed E-state index contributed by atoms with van der Waals surface area (Å²) < 4.78 is 0. The third-order valence-corrected chi connectivity index (χ3v) is 2.98. The highest BCUT2D eigenvalue weighted by Crippen LogP contribution is 2.18. The summed E-state index contributed by atoms with van der Waals surface area (Å²) >= 11 is 0. The molecular weight excluding hydrogens is 254 g/mol. The molecular formula is C15H17N3O2. The lowest BCUT2D eigenvalue weighted by Crippen LogP contribution is -2.24. The first-order valence-electron chi connectivity index (χ1n) is 6.60. The van der Waals surface area contributed by atoms with Crippen LogP contribution in [0.5, 0.6) is 0 Å². The standard InChI is InChI=1S/C15H17N3O2/c1-2-10-17(12-13-6-4-3-5-7-13)15-9-8-14(11-16-15)18(19)20/h3-9,11H,2,10,12H2,1H3. The molecule has 0 aliphatic carbocycles. The van der Waals surface area contributed by atoms with Crippen LogP contribution in [0.15, 0.2) is 48.7 Å². The predicted molar refractivity (Wildman–Crippen MR) is 78.7 cm³/mol. The van der Waals surface area contributed by atoms with Gasteiger partial charge in [-0.15, -0.1) is 0 Å². The van der Waals surface area contributed by atoms with Gasteiger partial charge >= 0.3 is 0 Å². The smallest absolute Gasteiger partial charge is 0.287 e. The van der Waals surface area contributed by atoms with E-state index >= 15 is 0 Å². The van der Waals surface area contributed by atoms with Gasteiger partial charge in [0.05, 0.1) is 4.92 Å². The van der Waals surface area contributed by atoms with E-state index in [4.69, 9.17) is 0 Å². The van der Waals surface area contributed by atoms with Gasteiger partial charge in [0.2, 0.25) is 0 Å². The molecule has 1 aromatic heterocycles. The average molecular weight is 271 g/mol. The number of nitrogens with zero attached hydrogens (tertiary/aromatic N) is 3. The largest absolute Gasteiger partial charge is 0.352 e. The van der Waals surface area contributed by atoms with Crippen LogP contribution in [0.3, 0.4) is 0 Å². The van der Waals surface area contributed by atoms with E-state index in [1.54, 1.807) is 6.07 Å². The van der Waals surface area contributed by atoms with Gasteiger partial charge < -0.3 is 4.90 Å². The van der Waals surface area contributed by atoms with E-state index in [-0.39, 0.29) is 5.69 Å². The van der Waals surface area contributed by atoms with Gasteiger partial charge in [-0.05, 0) is 18.1 Å². The van der Waals surface area contributed by atoms with Crippen molar-refractivity contribution in [1.29, 1.82) is 0 Å². The van der Waals surface area contributed by atoms with E-state index in [0.717, 1.165) is 25.3 Å². The normalized spacial score (nSPS) is 10.2. The molecule has 2 aromatic rings. The molecule has 20 heavy (non-hydrogen) atoms.